The van der Waals surface area contributed by atoms with Gasteiger partial charge < -0.3 is 15.4 Å². The van der Waals surface area contributed by atoms with E-state index in [4.69, 9.17) is 28.6 Å². The number of para-hydroxylation sites is 2. The molecule has 7 heteroatoms. The van der Waals surface area contributed by atoms with E-state index in [9.17, 15) is 0 Å². The molecular weight excluding hydrogens is 356 g/mol. The number of hydrogen-bond donors (Lipinski definition) is 2. The van der Waals surface area contributed by atoms with Crippen molar-refractivity contribution < 1.29 is 4.74 Å². The summed E-state index contributed by atoms with van der Waals surface area (Å²) in [6.45, 7) is 0.634. The van der Waals surface area contributed by atoms with E-state index >= 15 is 0 Å². The second kappa shape index (κ2) is 8.00. The van der Waals surface area contributed by atoms with Crippen molar-refractivity contribution in [3.05, 3.63) is 71.4 Å². The van der Waals surface area contributed by atoms with Crippen LogP contribution in [0, 0.1) is 0 Å². The normalized spacial score (nSPS) is 10.3. The number of nitrogens with one attached hydrogen (secondary N) is 2. The number of anilines is 2. The molecule has 0 fully saturated rings. The van der Waals surface area contributed by atoms with Crippen molar-refractivity contribution in [3.8, 4) is 5.75 Å². The first kappa shape index (κ1) is 17.3. The van der Waals surface area contributed by atoms with Gasteiger partial charge in [0, 0.05) is 17.3 Å². The fourth-order valence-corrected chi connectivity index (χ4v) is 2.78. The molecule has 0 saturated heterocycles. The number of hydrogen-bond acceptors (Lipinski definition) is 3. The maximum Gasteiger partial charge on any atom is 0.176 e. The van der Waals surface area contributed by atoms with Crippen LogP contribution in [0.5, 0.6) is 5.75 Å². The summed E-state index contributed by atoms with van der Waals surface area (Å²) < 4.78 is 7.12. The second-order valence-electron chi connectivity index (χ2n) is 5.31. The van der Waals surface area contributed by atoms with Gasteiger partial charge >= 0.3 is 0 Å². The first-order valence-electron chi connectivity index (χ1n) is 7.63. The number of aromatic nitrogens is 2. The first-order valence-corrected chi connectivity index (χ1v) is 8.41. The molecule has 0 bridgehead atoms. The van der Waals surface area contributed by atoms with Gasteiger partial charge in [0.05, 0.1) is 19.3 Å². The minimum absolute atomic E-state index is 0.442. The number of ether oxygens (including phenoxy) is 1. The number of benzene rings is 2. The molecule has 1 heterocycles. The highest BCUT2D eigenvalue weighted by atomic mass is 35.5. The number of rotatable bonds is 5. The van der Waals surface area contributed by atoms with Crippen LogP contribution in [-0.4, -0.2) is 22.0 Å². The molecule has 0 aliphatic carbocycles. The van der Waals surface area contributed by atoms with Crippen LogP contribution in [0.3, 0.4) is 0 Å². The molecule has 0 radical (unpaired) electrons. The van der Waals surface area contributed by atoms with Gasteiger partial charge in [-0.25, -0.2) is 0 Å². The lowest BCUT2D eigenvalue weighted by atomic mass is 10.2. The van der Waals surface area contributed by atoms with Crippen molar-refractivity contribution in [2.24, 2.45) is 0 Å². The summed E-state index contributed by atoms with van der Waals surface area (Å²) in [5.74, 6) is 1.38. The highest BCUT2D eigenvalue weighted by Crippen LogP contribution is 2.23. The van der Waals surface area contributed by atoms with Gasteiger partial charge in [0.2, 0.25) is 0 Å². The van der Waals surface area contributed by atoms with Crippen LogP contribution in [0.2, 0.25) is 5.02 Å². The summed E-state index contributed by atoms with van der Waals surface area (Å²) in [4.78, 5) is 0. The van der Waals surface area contributed by atoms with Gasteiger partial charge in [0.1, 0.15) is 5.75 Å². The zero-order valence-corrected chi connectivity index (χ0v) is 15.1. The molecule has 2 N–H and O–H groups in total. The fraction of sp³-hybridized carbons (Fsp3) is 0.111. The molecule has 128 valence electrons. The standard InChI is InChI=1S/C18H17ClN4OS/c1-24-16-8-3-2-7-15(16)20-18(25)21-17-9-10-23(22-17)12-13-5-4-6-14(19)11-13/h2-11H,12H2,1H3,(H2,20,21,22,25). The number of nitrogens with zero attached hydrogens (tertiary/aromatic N) is 2. The van der Waals surface area contributed by atoms with Crippen LogP contribution in [0.1, 0.15) is 5.56 Å². The van der Waals surface area contributed by atoms with Crippen LogP contribution in [0.4, 0.5) is 11.5 Å². The van der Waals surface area contributed by atoms with E-state index in [2.05, 4.69) is 15.7 Å². The SMILES string of the molecule is COc1ccccc1NC(=S)Nc1ccn(Cc2cccc(Cl)c2)n1. The predicted molar refractivity (Wildman–Crippen MR) is 106 cm³/mol. The monoisotopic (exact) mass is 372 g/mol. The molecule has 3 rings (SSSR count). The van der Waals surface area contributed by atoms with Crippen LogP contribution in [0.15, 0.2) is 60.8 Å². The summed E-state index contributed by atoms with van der Waals surface area (Å²) >= 11 is 11.3. The molecule has 2 aromatic carbocycles. The zero-order valence-electron chi connectivity index (χ0n) is 13.6. The summed E-state index contributed by atoms with van der Waals surface area (Å²) in [5, 5.41) is 11.8. The summed E-state index contributed by atoms with van der Waals surface area (Å²) in [6.07, 6.45) is 1.88. The maximum atomic E-state index is 6.01. The molecule has 0 aliphatic rings. The molecule has 3 aromatic rings. The zero-order chi connectivity index (χ0) is 17.6. The van der Waals surface area contributed by atoms with E-state index in [1.165, 1.54) is 0 Å². The largest absolute Gasteiger partial charge is 0.495 e. The maximum absolute atomic E-state index is 6.01. The van der Waals surface area contributed by atoms with Crippen molar-refractivity contribution in [1.82, 2.24) is 9.78 Å². The predicted octanol–water partition coefficient (Wildman–Crippen LogP) is 4.40. The van der Waals surface area contributed by atoms with Gasteiger partial charge in [0.15, 0.2) is 10.9 Å². The molecule has 5 nitrogen and oxygen atoms in total. The van der Waals surface area contributed by atoms with Gasteiger partial charge in [0.25, 0.3) is 0 Å². The van der Waals surface area contributed by atoms with E-state index in [0.29, 0.717) is 22.5 Å². The Morgan fingerprint density at radius 2 is 2.00 bits per heavy atom. The van der Waals surface area contributed by atoms with Crippen LogP contribution in [0.25, 0.3) is 0 Å². The van der Waals surface area contributed by atoms with Crippen molar-refractivity contribution >= 4 is 40.4 Å². The molecule has 0 spiro atoms. The Kier molecular flexibility index (Phi) is 5.53. The topological polar surface area (TPSA) is 51.1 Å². The Labute approximate surface area is 156 Å². The Hall–Kier alpha value is -2.57. The highest BCUT2D eigenvalue weighted by Gasteiger charge is 2.06. The number of halogens is 1. The third-order valence-corrected chi connectivity index (χ3v) is 3.91. The van der Waals surface area contributed by atoms with Crippen molar-refractivity contribution in [2.75, 3.05) is 17.7 Å². The Bertz CT molecular complexity index is 881. The van der Waals surface area contributed by atoms with Crippen molar-refractivity contribution in [1.29, 1.82) is 0 Å². The average molecular weight is 373 g/mol. The molecule has 0 unspecified atom stereocenters. The van der Waals surface area contributed by atoms with E-state index in [-0.39, 0.29) is 0 Å². The van der Waals surface area contributed by atoms with Crippen LogP contribution in [-0.2, 0) is 6.54 Å². The second-order valence-corrected chi connectivity index (χ2v) is 6.15. The molecule has 1 aromatic heterocycles. The molecule has 0 saturated carbocycles. The lowest BCUT2D eigenvalue weighted by Crippen LogP contribution is -2.20. The summed E-state index contributed by atoms with van der Waals surface area (Å²) in [7, 11) is 1.62. The summed E-state index contributed by atoms with van der Waals surface area (Å²) in [6, 6.07) is 17.1. The molecule has 0 atom stereocenters. The molecule has 0 amide bonds. The van der Waals surface area contributed by atoms with E-state index in [1.807, 2.05) is 65.5 Å². The minimum Gasteiger partial charge on any atom is -0.495 e. The summed E-state index contributed by atoms with van der Waals surface area (Å²) in [5.41, 5.74) is 1.87. The van der Waals surface area contributed by atoms with Crippen molar-refractivity contribution in [2.45, 2.75) is 6.54 Å². The van der Waals surface area contributed by atoms with E-state index in [1.54, 1.807) is 7.11 Å². The molecule has 25 heavy (non-hydrogen) atoms. The lowest BCUT2D eigenvalue weighted by Gasteiger charge is -2.12. The van der Waals surface area contributed by atoms with E-state index < -0.39 is 0 Å². The van der Waals surface area contributed by atoms with Crippen LogP contribution >= 0.6 is 23.8 Å². The smallest absolute Gasteiger partial charge is 0.176 e. The number of thiocarbonyl (C=S) groups is 1. The lowest BCUT2D eigenvalue weighted by molar-refractivity contribution is 0.417. The third-order valence-electron chi connectivity index (χ3n) is 3.47. The quantitative estimate of drug-likeness (QED) is 0.650. The fourth-order valence-electron chi connectivity index (χ4n) is 2.36. The van der Waals surface area contributed by atoms with Gasteiger partial charge in [-0.15, -0.1) is 0 Å². The Morgan fingerprint density at radius 3 is 2.80 bits per heavy atom. The number of methoxy groups -OCH3 is 1. The molecular formula is C18H17ClN4OS. The van der Waals surface area contributed by atoms with Crippen LogP contribution < -0.4 is 15.4 Å². The van der Waals surface area contributed by atoms with Crippen molar-refractivity contribution in [3.63, 3.8) is 0 Å². The van der Waals surface area contributed by atoms with E-state index in [0.717, 1.165) is 17.0 Å². The van der Waals surface area contributed by atoms with Gasteiger partial charge in [-0.3, -0.25) is 4.68 Å². The minimum atomic E-state index is 0.442. The van der Waals surface area contributed by atoms with Gasteiger partial charge in [-0.05, 0) is 42.0 Å². The van der Waals surface area contributed by atoms with Gasteiger partial charge in [-0.1, -0.05) is 35.9 Å². The highest BCUT2D eigenvalue weighted by molar-refractivity contribution is 7.80. The molecule has 0 aliphatic heterocycles. The Morgan fingerprint density at radius 1 is 1.16 bits per heavy atom. The Balaban J connectivity index is 1.62. The average Bonchev–Trinajstić information content (AvgIpc) is 3.02. The first-order chi connectivity index (χ1) is 12.1. The third kappa shape index (κ3) is 4.71. The van der Waals surface area contributed by atoms with Gasteiger partial charge in [-0.2, -0.15) is 5.10 Å².